The summed E-state index contributed by atoms with van der Waals surface area (Å²) in [5.41, 5.74) is 4.62. The van der Waals surface area contributed by atoms with Crippen LogP contribution in [0.5, 0.6) is 0 Å². The molecule has 1 aromatic heterocycles. The van der Waals surface area contributed by atoms with Crippen LogP contribution < -0.4 is 4.90 Å². The summed E-state index contributed by atoms with van der Waals surface area (Å²) in [5.74, 6) is -0.0767. The predicted molar refractivity (Wildman–Crippen MR) is 114 cm³/mol. The average molecular weight is 363 g/mol. The lowest BCUT2D eigenvalue weighted by Gasteiger charge is -2.18. The van der Waals surface area contributed by atoms with Crippen molar-refractivity contribution in [2.75, 3.05) is 11.9 Å². The number of hydrogen-bond donors (Lipinski definition) is 0. The molecule has 0 fully saturated rings. The van der Waals surface area contributed by atoms with Crippen molar-refractivity contribution in [3.63, 3.8) is 0 Å². The first-order valence-electron chi connectivity index (χ1n) is 9.12. The minimum absolute atomic E-state index is 0.0767. The number of rotatable bonds is 2. The third-order valence-corrected chi connectivity index (χ3v) is 5.01. The van der Waals surface area contributed by atoms with Gasteiger partial charge in [0.05, 0.1) is 22.1 Å². The Morgan fingerprint density at radius 1 is 0.679 bits per heavy atom. The number of nitrogens with zero attached hydrogens (tertiary/aromatic N) is 3. The van der Waals surface area contributed by atoms with Crippen LogP contribution in [0.4, 0.5) is 5.69 Å². The van der Waals surface area contributed by atoms with E-state index in [1.165, 1.54) is 0 Å². The van der Waals surface area contributed by atoms with Gasteiger partial charge in [-0.3, -0.25) is 4.79 Å². The number of fused-ring (bicyclic) bond motifs is 3. The summed E-state index contributed by atoms with van der Waals surface area (Å²) in [6, 6.07) is 27.4. The van der Waals surface area contributed by atoms with Crippen molar-refractivity contribution in [1.82, 2.24) is 9.97 Å². The summed E-state index contributed by atoms with van der Waals surface area (Å²) >= 11 is 0. The standard InChI is InChI=1S/C24H17N3O/c1-27(19-12-10-16-6-2-3-7-17(16)14-19)24(28)18-11-13-22-23(15-18)26-21-9-5-4-8-20(21)25-22/h2-15H,1H3. The van der Waals surface area contributed by atoms with Crippen molar-refractivity contribution in [3.05, 3.63) is 90.5 Å². The molecule has 0 unspecified atom stereocenters. The number of benzene rings is 4. The highest BCUT2D eigenvalue weighted by Gasteiger charge is 2.15. The molecule has 0 atom stereocenters. The number of anilines is 1. The molecule has 0 N–H and O–H groups in total. The summed E-state index contributed by atoms with van der Waals surface area (Å²) in [7, 11) is 1.79. The highest BCUT2D eigenvalue weighted by molar-refractivity contribution is 6.08. The first kappa shape index (κ1) is 16.4. The van der Waals surface area contributed by atoms with Crippen molar-refractivity contribution in [1.29, 1.82) is 0 Å². The lowest BCUT2D eigenvalue weighted by Crippen LogP contribution is -2.26. The van der Waals surface area contributed by atoms with Crippen molar-refractivity contribution >= 4 is 44.4 Å². The Kier molecular flexibility index (Phi) is 3.76. The molecule has 134 valence electrons. The van der Waals surface area contributed by atoms with Crippen LogP contribution >= 0.6 is 0 Å². The van der Waals surface area contributed by atoms with Crippen molar-refractivity contribution in [2.45, 2.75) is 0 Å². The Morgan fingerprint density at radius 2 is 1.32 bits per heavy atom. The van der Waals surface area contributed by atoms with Crippen LogP contribution in [0.15, 0.2) is 84.9 Å². The maximum Gasteiger partial charge on any atom is 0.258 e. The fourth-order valence-electron chi connectivity index (χ4n) is 3.45. The van der Waals surface area contributed by atoms with Gasteiger partial charge in [-0.2, -0.15) is 0 Å². The van der Waals surface area contributed by atoms with E-state index in [2.05, 4.69) is 16.0 Å². The molecule has 0 saturated carbocycles. The molecule has 0 bridgehead atoms. The molecule has 0 radical (unpaired) electrons. The Morgan fingerprint density at radius 3 is 2.11 bits per heavy atom. The highest BCUT2D eigenvalue weighted by atomic mass is 16.2. The fraction of sp³-hybridized carbons (Fsp3) is 0.0417. The number of carbonyl (C=O) groups is 1. The van der Waals surface area contributed by atoms with E-state index in [0.29, 0.717) is 5.56 Å². The second-order valence-electron chi connectivity index (χ2n) is 6.81. The van der Waals surface area contributed by atoms with Gasteiger partial charge >= 0.3 is 0 Å². The average Bonchev–Trinajstić information content (AvgIpc) is 2.76. The molecule has 0 spiro atoms. The van der Waals surface area contributed by atoms with Crippen LogP contribution in [0.3, 0.4) is 0 Å². The molecule has 0 aliphatic heterocycles. The van der Waals surface area contributed by atoms with E-state index in [0.717, 1.165) is 38.5 Å². The van der Waals surface area contributed by atoms with Crippen molar-refractivity contribution in [2.24, 2.45) is 0 Å². The molecule has 28 heavy (non-hydrogen) atoms. The first-order chi connectivity index (χ1) is 13.7. The van der Waals surface area contributed by atoms with E-state index in [1.54, 1.807) is 11.9 Å². The SMILES string of the molecule is CN(C(=O)c1ccc2nc3ccccc3nc2c1)c1ccc2ccccc2c1. The zero-order valence-electron chi connectivity index (χ0n) is 15.3. The molecule has 4 aromatic carbocycles. The van der Waals surface area contributed by atoms with E-state index in [-0.39, 0.29) is 5.91 Å². The Balaban J connectivity index is 1.54. The van der Waals surface area contributed by atoms with Gasteiger partial charge in [-0.1, -0.05) is 42.5 Å². The van der Waals surface area contributed by atoms with Gasteiger partial charge in [0, 0.05) is 18.3 Å². The fourth-order valence-corrected chi connectivity index (χ4v) is 3.45. The van der Waals surface area contributed by atoms with Crippen LogP contribution in [0.1, 0.15) is 10.4 Å². The second-order valence-corrected chi connectivity index (χ2v) is 6.81. The molecule has 0 aliphatic carbocycles. The van der Waals surface area contributed by atoms with Crippen LogP contribution in [0, 0.1) is 0 Å². The molecule has 5 aromatic rings. The van der Waals surface area contributed by atoms with Crippen molar-refractivity contribution < 1.29 is 4.79 Å². The third-order valence-electron chi connectivity index (χ3n) is 5.01. The molecule has 1 heterocycles. The monoisotopic (exact) mass is 363 g/mol. The quantitative estimate of drug-likeness (QED) is 0.404. The van der Waals surface area contributed by atoms with Gasteiger partial charge in [0.2, 0.25) is 0 Å². The Hall–Kier alpha value is -3.79. The van der Waals surface area contributed by atoms with E-state index in [4.69, 9.17) is 0 Å². The van der Waals surface area contributed by atoms with Crippen LogP contribution in [0.25, 0.3) is 32.8 Å². The largest absolute Gasteiger partial charge is 0.311 e. The van der Waals surface area contributed by atoms with Gasteiger partial charge in [0.1, 0.15) is 0 Å². The van der Waals surface area contributed by atoms with Crippen molar-refractivity contribution in [3.8, 4) is 0 Å². The molecular formula is C24H17N3O. The summed E-state index contributed by atoms with van der Waals surface area (Å²) in [4.78, 5) is 24.0. The van der Waals surface area contributed by atoms with Crippen LogP contribution in [0.2, 0.25) is 0 Å². The van der Waals surface area contributed by atoms with Gasteiger partial charge in [0.25, 0.3) is 5.91 Å². The normalized spacial score (nSPS) is 11.2. The van der Waals surface area contributed by atoms with E-state index >= 15 is 0 Å². The summed E-state index contributed by atoms with van der Waals surface area (Å²) in [6.45, 7) is 0. The number of carbonyl (C=O) groups excluding carboxylic acids is 1. The van der Waals surface area contributed by atoms with Gasteiger partial charge in [-0.15, -0.1) is 0 Å². The highest BCUT2D eigenvalue weighted by Crippen LogP contribution is 2.24. The third kappa shape index (κ3) is 2.76. The topological polar surface area (TPSA) is 46.1 Å². The lowest BCUT2D eigenvalue weighted by molar-refractivity contribution is 0.0993. The summed E-state index contributed by atoms with van der Waals surface area (Å²) < 4.78 is 0. The number of aromatic nitrogens is 2. The first-order valence-corrected chi connectivity index (χ1v) is 9.12. The summed E-state index contributed by atoms with van der Waals surface area (Å²) in [6.07, 6.45) is 0. The lowest BCUT2D eigenvalue weighted by atomic mass is 10.1. The van der Waals surface area contributed by atoms with E-state index in [9.17, 15) is 4.79 Å². The molecule has 0 aliphatic rings. The van der Waals surface area contributed by atoms with Gasteiger partial charge in [-0.05, 0) is 53.2 Å². The molecule has 1 amide bonds. The second kappa shape index (κ2) is 6.43. The molecule has 0 saturated heterocycles. The zero-order valence-corrected chi connectivity index (χ0v) is 15.3. The Labute approximate surface area is 162 Å². The maximum atomic E-state index is 13.1. The van der Waals surface area contributed by atoms with Gasteiger partial charge in [0.15, 0.2) is 0 Å². The predicted octanol–water partition coefficient (Wildman–Crippen LogP) is 5.21. The van der Waals surface area contributed by atoms with Gasteiger partial charge in [-0.25, -0.2) is 9.97 Å². The maximum absolute atomic E-state index is 13.1. The minimum atomic E-state index is -0.0767. The summed E-state index contributed by atoms with van der Waals surface area (Å²) in [5, 5.41) is 2.26. The number of hydrogen-bond acceptors (Lipinski definition) is 3. The zero-order chi connectivity index (χ0) is 19.1. The molecular weight excluding hydrogens is 346 g/mol. The van der Waals surface area contributed by atoms with Crippen LogP contribution in [-0.4, -0.2) is 22.9 Å². The number of para-hydroxylation sites is 2. The van der Waals surface area contributed by atoms with E-state index < -0.39 is 0 Å². The molecule has 4 heteroatoms. The molecule has 4 nitrogen and oxygen atoms in total. The Bertz CT molecular complexity index is 1360. The minimum Gasteiger partial charge on any atom is -0.311 e. The number of amides is 1. The van der Waals surface area contributed by atoms with E-state index in [1.807, 2.05) is 78.9 Å². The smallest absolute Gasteiger partial charge is 0.258 e. The van der Waals surface area contributed by atoms with Gasteiger partial charge < -0.3 is 4.90 Å². The van der Waals surface area contributed by atoms with Crippen LogP contribution in [-0.2, 0) is 0 Å². The molecule has 5 rings (SSSR count).